The van der Waals surface area contributed by atoms with Crippen LogP contribution in [-0.2, 0) is 0 Å². The van der Waals surface area contributed by atoms with Gasteiger partial charge in [-0.25, -0.2) is 0 Å². The van der Waals surface area contributed by atoms with E-state index in [1.165, 1.54) is 5.56 Å². The van der Waals surface area contributed by atoms with Gasteiger partial charge in [-0.15, -0.1) is 0 Å². The molecular weight excluding hydrogens is 284 g/mol. The van der Waals surface area contributed by atoms with Gasteiger partial charge >= 0.3 is 0 Å². The molecule has 62 valence electrons. The molecule has 0 amide bonds. The molecule has 0 aliphatic heterocycles. The third kappa shape index (κ3) is 1.41. The number of halogens is 2. The number of rotatable bonds is 1. The van der Waals surface area contributed by atoms with E-state index in [2.05, 4.69) is 54.2 Å². The van der Waals surface area contributed by atoms with Gasteiger partial charge in [-0.2, -0.15) is 5.10 Å². The lowest BCUT2D eigenvalue weighted by molar-refractivity contribution is 1.12. The second-order valence-electron chi connectivity index (χ2n) is 2.52. The summed E-state index contributed by atoms with van der Waals surface area (Å²) >= 11 is 6.88. The largest absolute Gasteiger partial charge is 0.278 e. The molecule has 1 aromatic heterocycles. The summed E-state index contributed by atoms with van der Waals surface area (Å²) in [5.74, 6) is 0. The summed E-state index contributed by atoms with van der Waals surface area (Å²) in [5.41, 5.74) is 2.25. The van der Waals surface area contributed by atoms with Gasteiger partial charge in [-0.05, 0) is 11.6 Å². The Morgan fingerprint density at radius 1 is 1.33 bits per heavy atom. The van der Waals surface area contributed by atoms with Gasteiger partial charge in [0.15, 0.2) is 0 Å². The molecule has 0 bridgehead atoms. The van der Waals surface area contributed by atoms with Gasteiger partial charge in [0.1, 0.15) is 0 Å². The fourth-order valence-electron chi connectivity index (χ4n) is 1.09. The van der Waals surface area contributed by atoms with Crippen molar-refractivity contribution in [2.45, 2.75) is 3.74 Å². The minimum Gasteiger partial charge on any atom is -0.278 e. The zero-order chi connectivity index (χ0) is 8.55. The van der Waals surface area contributed by atoms with Crippen LogP contribution >= 0.6 is 31.9 Å². The smallest absolute Gasteiger partial charge is 0.0947 e. The van der Waals surface area contributed by atoms with Crippen molar-refractivity contribution in [3.05, 3.63) is 30.0 Å². The minimum atomic E-state index is 0.206. The van der Waals surface area contributed by atoms with Crippen LogP contribution in [0.1, 0.15) is 9.30 Å². The van der Waals surface area contributed by atoms with Crippen LogP contribution in [-0.4, -0.2) is 10.2 Å². The molecule has 0 fully saturated rings. The zero-order valence-corrected chi connectivity index (χ0v) is 9.26. The molecule has 2 aromatic rings. The molecule has 1 aromatic carbocycles. The maximum absolute atomic E-state index is 3.95. The van der Waals surface area contributed by atoms with Crippen LogP contribution in [0.15, 0.2) is 24.4 Å². The van der Waals surface area contributed by atoms with E-state index in [-0.39, 0.29) is 3.74 Å². The highest BCUT2D eigenvalue weighted by Gasteiger charge is 2.03. The Labute approximate surface area is 86.6 Å². The number of aromatic amines is 1. The first kappa shape index (κ1) is 8.26. The number of aromatic nitrogens is 2. The summed E-state index contributed by atoms with van der Waals surface area (Å²) in [4.78, 5) is 0. The van der Waals surface area contributed by atoms with Crippen LogP contribution in [0.5, 0.6) is 0 Å². The lowest BCUT2D eigenvalue weighted by Gasteiger charge is -2.00. The second-order valence-corrected chi connectivity index (χ2v) is 5.58. The van der Waals surface area contributed by atoms with E-state index >= 15 is 0 Å². The molecule has 12 heavy (non-hydrogen) atoms. The average Bonchev–Trinajstić information content (AvgIpc) is 2.49. The van der Waals surface area contributed by atoms with Crippen LogP contribution in [0.25, 0.3) is 10.9 Å². The Morgan fingerprint density at radius 2 is 2.17 bits per heavy atom. The van der Waals surface area contributed by atoms with Gasteiger partial charge in [0.05, 0.1) is 15.4 Å². The minimum absolute atomic E-state index is 0.206. The quantitative estimate of drug-likeness (QED) is 0.802. The maximum Gasteiger partial charge on any atom is 0.0947 e. The monoisotopic (exact) mass is 288 g/mol. The number of alkyl halides is 2. The lowest BCUT2D eigenvalue weighted by Crippen LogP contribution is -1.79. The molecule has 2 rings (SSSR count). The van der Waals surface area contributed by atoms with E-state index in [1.54, 1.807) is 0 Å². The molecular formula is C8H6Br2N2. The van der Waals surface area contributed by atoms with Crippen LogP contribution in [0.3, 0.4) is 0 Å². The number of benzene rings is 1. The van der Waals surface area contributed by atoms with E-state index in [0.717, 1.165) is 10.9 Å². The molecule has 0 spiro atoms. The van der Waals surface area contributed by atoms with Crippen LogP contribution in [0, 0.1) is 0 Å². The molecule has 2 nitrogen and oxygen atoms in total. The molecule has 0 atom stereocenters. The predicted molar refractivity (Wildman–Crippen MR) is 56.7 cm³/mol. The van der Waals surface area contributed by atoms with Gasteiger partial charge in [0.2, 0.25) is 0 Å². The molecule has 0 unspecified atom stereocenters. The first-order valence-electron chi connectivity index (χ1n) is 3.48. The third-order valence-electron chi connectivity index (χ3n) is 1.72. The van der Waals surface area contributed by atoms with E-state index in [0.29, 0.717) is 0 Å². The average molecular weight is 290 g/mol. The fourth-order valence-corrected chi connectivity index (χ4v) is 1.66. The van der Waals surface area contributed by atoms with Crippen molar-refractivity contribution in [2.75, 3.05) is 0 Å². The number of hydrogen-bond donors (Lipinski definition) is 1. The molecule has 0 aliphatic rings. The summed E-state index contributed by atoms with van der Waals surface area (Å²) in [6.07, 6.45) is 1.82. The number of nitrogens with zero attached hydrogens (tertiary/aromatic N) is 1. The zero-order valence-electron chi connectivity index (χ0n) is 6.09. The van der Waals surface area contributed by atoms with Crippen molar-refractivity contribution in [2.24, 2.45) is 0 Å². The normalized spacial score (nSPS) is 11.2. The third-order valence-corrected chi connectivity index (χ3v) is 2.78. The SMILES string of the molecule is BrC(Br)c1ccc2cn[nH]c2c1. The molecule has 1 N–H and O–H groups in total. The highest BCUT2D eigenvalue weighted by molar-refractivity contribution is 9.24. The Morgan fingerprint density at radius 3 is 2.92 bits per heavy atom. The first-order chi connectivity index (χ1) is 5.77. The number of hydrogen-bond acceptors (Lipinski definition) is 1. The summed E-state index contributed by atoms with van der Waals surface area (Å²) in [6.45, 7) is 0. The van der Waals surface area contributed by atoms with Gasteiger partial charge < -0.3 is 0 Å². The van der Waals surface area contributed by atoms with E-state index in [4.69, 9.17) is 0 Å². The molecule has 1 heterocycles. The highest BCUT2D eigenvalue weighted by Crippen LogP contribution is 2.30. The van der Waals surface area contributed by atoms with Gasteiger partial charge in [-0.1, -0.05) is 44.0 Å². The Kier molecular flexibility index (Phi) is 2.19. The number of fused-ring (bicyclic) bond motifs is 1. The number of H-pyrrole nitrogens is 1. The van der Waals surface area contributed by atoms with E-state index < -0.39 is 0 Å². The van der Waals surface area contributed by atoms with Gasteiger partial charge in [0.25, 0.3) is 0 Å². The lowest BCUT2D eigenvalue weighted by atomic mass is 10.2. The second kappa shape index (κ2) is 3.18. The summed E-state index contributed by atoms with van der Waals surface area (Å²) in [6, 6.07) is 6.17. The van der Waals surface area contributed by atoms with Crippen molar-refractivity contribution in [3.63, 3.8) is 0 Å². The van der Waals surface area contributed by atoms with E-state index in [9.17, 15) is 0 Å². The Balaban J connectivity index is 2.60. The molecule has 0 saturated carbocycles. The molecule has 0 saturated heterocycles. The Bertz CT molecular complexity index is 395. The molecule has 0 radical (unpaired) electrons. The maximum atomic E-state index is 3.95. The fraction of sp³-hybridized carbons (Fsp3) is 0.125. The summed E-state index contributed by atoms with van der Waals surface area (Å²) in [7, 11) is 0. The van der Waals surface area contributed by atoms with Crippen molar-refractivity contribution < 1.29 is 0 Å². The van der Waals surface area contributed by atoms with Crippen LogP contribution in [0.2, 0.25) is 0 Å². The Hall–Kier alpha value is -0.350. The summed E-state index contributed by atoms with van der Waals surface area (Å²) < 4.78 is 0.206. The van der Waals surface area contributed by atoms with Crippen LogP contribution < -0.4 is 0 Å². The highest BCUT2D eigenvalue weighted by atomic mass is 79.9. The van der Waals surface area contributed by atoms with Crippen molar-refractivity contribution in [1.82, 2.24) is 10.2 Å². The predicted octanol–water partition coefficient (Wildman–Crippen LogP) is 3.35. The first-order valence-corrected chi connectivity index (χ1v) is 5.31. The van der Waals surface area contributed by atoms with Crippen molar-refractivity contribution in [1.29, 1.82) is 0 Å². The summed E-state index contributed by atoms with van der Waals surface area (Å²) in [5, 5.41) is 8.01. The van der Waals surface area contributed by atoms with E-state index in [1.807, 2.05) is 12.3 Å². The molecule has 4 heteroatoms. The number of nitrogens with one attached hydrogen (secondary N) is 1. The molecule has 0 aliphatic carbocycles. The van der Waals surface area contributed by atoms with Crippen molar-refractivity contribution >= 4 is 42.8 Å². The van der Waals surface area contributed by atoms with Crippen LogP contribution in [0.4, 0.5) is 0 Å². The van der Waals surface area contributed by atoms with Crippen molar-refractivity contribution in [3.8, 4) is 0 Å². The van der Waals surface area contributed by atoms with Gasteiger partial charge in [-0.3, -0.25) is 5.10 Å². The van der Waals surface area contributed by atoms with Gasteiger partial charge in [0, 0.05) is 5.39 Å². The standard InChI is InChI=1S/C8H6Br2N2/c9-8(10)5-1-2-6-4-11-12-7(6)3-5/h1-4,8H,(H,11,12). The topological polar surface area (TPSA) is 28.7 Å².